The van der Waals surface area contributed by atoms with Gasteiger partial charge in [0.2, 0.25) is 0 Å². The van der Waals surface area contributed by atoms with Crippen molar-refractivity contribution in [3.63, 3.8) is 0 Å². The molecule has 0 bridgehead atoms. The van der Waals surface area contributed by atoms with Gasteiger partial charge >= 0.3 is 0 Å². The summed E-state index contributed by atoms with van der Waals surface area (Å²) in [5.41, 5.74) is 6.18. The Morgan fingerprint density at radius 2 is 1.49 bits per heavy atom. The maximum Gasteiger partial charge on any atom is 0.155 e. The van der Waals surface area contributed by atoms with Gasteiger partial charge in [-0.2, -0.15) is 0 Å². The number of aliphatic hydroxyl groups is 1. The summed E-state index contributed by atoms with van der Waals surface area (Å²) in [6.07, 6.45) is 1.17. The second-order valence-electron chi connectivity index (χ2n) is 8.31. The fourth-order valence-corrected chi connectivity index (χ4v) is 3.93. The molecule has 1 aromatic heterocycles. The number of fused-ring (bicyclic) bond motifs is 1. The smallest absolute Gasteiger partial charge is 0.155 e. The van der Waals surface area contributed by atoms with Crippen LogP contribution in [0.4, 0.5) is 4.39 Å². The summed E-state index contributed by atoms with van der Waals surface area (Å²) in [5.74, 6) is -0.383. The molecule has 0 aliphatic rings. The van der Waals surface area contributed by atoms with Crippen molar-refractivity contribution in [2.24, 2.45) is 0 Å². The number of aliphatic hydroxyl groups excluding tert-OH is 1. The van der Waals surface area contributed by atoms with Crippen LogP contribution >= 0.6 is 0 Å². The van der Waals surface area contributed by atoms with Gasteiger partial charge in [0.15, 0.2) is 5.78 Å². The van der Waals surface area contributed by atoms with Crippen LogP contribution in [0, 0.1) is 11.9 Å². The number of carbonyl (C=O) groups excluding carboxylic acids is 1. The molecule has 0 aliphatic heterocycles. The molecule has 5 aromatic rings. The van der Waals surface area contributed by atoms with Crippen molar-refractivity contribution in [3.8, 4) is 33.5 Å². The first-order chi connectivity index (χ1) is 17.4. The topological polar surface area (TPSA) is 50.2 Å². The van der Waals surface area contributed by atoms with Crippen LogP contribution in [-0.4, -0.2) is 15.9 Å². The fraction of sp³-hybridized carbons (Fsp3) is 0.0625. The summed E-state index contributed by atoms with van der Waals surface area (Å²) in [7, 11) is 0. The van der Waals surface area contributed by atoms with Gasteiger partial charge in [0.1, 0.15) is 0 Å². The molecule has 4 aromatic carbocycles. The van der Waals surface area contributed by atoms with E-state index in [0.717, 1.165) is 33.2 Å². The molecule has 37 heavy (non-hydrogen) atoms. The summed E-state index contributed by atoms with van der Waals surface area (Å²) in [5, 5.41) is 9.40. The molecule has 187 valence electrons. The van der Waals surface area contributed by atoms with Crippen molar-refractivity contribution in [2.75, 3.05) is 0 Å². The van der Waals surface area contributed by atoms with Gasteiger partial charge in [0.05, 0.1) is 11.3 Å². The van der Waals surface area contributed by atoms with Gasteiger partial charge in [-0.05, 0) is 53.9 Å². The number of hydrogen-bond donors (Lipinski definition) is 1. The SMILES string of the molecule is CC(=O)/C=C(/C)O.Fc1ccc[c-]c1-c1cc(-c2ccccc2)c2cc(-c3ccccc3)ccc2n1.[Ir]. The third kappa shape index (κ3) is 7.07. The van der Waals surface area contributed by atoms with Crippen LogP contribution in [0.15, 0.2) is 115 Å². The normalized spacial score (nSPS) is 10.7. The summed E-state index contributed by atoms with van der Waals surface area (Å²) in [6.45, 7) is 2.85. The van der Waals surface area contributed by atoms with Gasteiger partial charge < -0.3 is 5.11 Å². The van der Waals surface area contributed by atoms with Crippen LogP contribution in [0.25, 0.3) is 44.4 Å². The summed E-state index contributed by atoms with van der Waals surface area (Å²) in [4.78, 5) is 14.8. The predicted octanol–water partition coefficient (Wildman–Crippen LogP) is 8.21. The third-order valence-electron chi connectivity index (χ3n) is 5.47. The Morgan fingerprint density at radius 3 is 2.05 bits per heavy atom. The van der Waals surface area contributed by atoms with Crippen molar-refractivity contribution >= 4 is 16.7 Å². The van der Waals surface area contributed by atoms with Crippen LogP contribution in [0.2, 0.25) is 0 Å². The zero-order valence-corrected chi connectivity index (χ0v) is 22.8. The van der Waals surface area contributed by atoms with Crippen LogP contribution < -0.4 is 0 Å². The van der Waals surface area contributed by atoms with Gasteiger partial charge in [-0.1, -0.05) is 78.4 Å². The van der Waals surface area contributed by atoms with Gasteiger partial charge in [-0.15, -0.1) is 24.3 Å². The Hall–Kier alpha value is -3.92. The molecular formula is C32H25FIrNO2-. The molecule has 1 heterocycles. The minimum atomic E-state index is -0.320. The number of carbonyl (C=O) groups is 1. The number of benzene rings is 4. The predicted molar refractivity (Wildman–Crippen MR) is 144 cm³/mol. The number of ketones is 1. The van der Waals surface area contributed by atoms with Crippen molar-refractivity contribution in [2.45, 2.75) is 13.8 Å². The van der Waals surface area contributed by atoms with Crippen molar-refractivity contribution in [3.05, 3.63) is 127 Å². The first-order valence-electron chi connectivity index (χ1n) is 11.5. The Balaban J connectivity index is 0.000000422. The Kier molecular flexibility index (Phi) is 9.62. The first-order valence-corrected chi connectivity index (χ1v) is 11.5. The van der Waals surface area contributed by atoms with Crippen LogP contribution in [-0.2, 0) is 24.9 Å². The number of allylic oxidation sites excluding steroid dienone is 2. The van der Waals surface area contributed by atoms with Crippen LogP contribution in [0.1, 0.15) is 13.8 Å². The van der Waals surface area contributed by atoms with E-state index < -0.39 is 0 Å². The molecule has 0 saturated carbocycles. The van der Waals surface area contributed by atoms with E-state index in [1.54, 1.807) is 12.1 Å². The minimum absolute atomic E-state index is 0. The van der Waals surface area contributed by atoms with Crippen molar-refractivity contribution in [1.29, 1.82) is 0 Å². The molecule has 0 aliphatic carbocycles. The van der Waals surface area contributed by atoms with E-state index in [4.69, 9.17) is 10.1 Å². The Morgan fingerprint density at radius 1 is 0.838 bits per heavy atom. The van der Waals surface area contributed by atoms with E-state index in [0.29, 0.717) is 11.3 Å². The van der Waals surface area contributed by atoms with Crippen LogP contribution in [0.3, 0.4) is 0 Å². The molecule has 1 radical (unpaired) electrons. The van der Waals surface area contributed by atoms with E-state index in [9.17, 15) is 9.18 Å². The third-order valence-corrected chi connectivity index (χ3v) is 5.47. The van der Waals surface area contributed by atoms with Crippen molar-refractivity contribution in [1.82, 2.24) is 4.98 Å². The van der Waals surface area contributed by atoms with Crippen molar-refractivity contribution < 1.29 is 34.4 Å². The quantitative estimate of drug-likeness (QED) is 0.120. The maximum atomic E-state index is 14.4. The number of halogens is 1. The molecule has 0 saturated heterocycles. The molecular weight excluding hydrogens is 642 g/mol. The standard InChI is InChI=1S/C27H17FN.C5H8O2.Ir/c28-25-14-8-7-13-22(25)27-18-23(20-11-5-2-6-12-20)24-17-21(15-16-26(24)29-27)19-9-3-1-4-10-19;1-4(6)3-5(2)7;/h1-12,14-18H;3,6H,1-2H3;/q-1;;/b;4-3-;. The largest absolute Gasteiger partial charge is 0.512 e. The number of hydrogen-bond acceptors (Lipinski definition) is 3. The minimum Gasteiger partial charge on any atom is -0.512 e. The Bertz CT molecular complexity index is 1530. The van der Waals surface area contributed by atoms with Gasteiger partial charge in [0.25, 0.3) is 0 Å². The molecule has 0 amide bonds. The molecule has 1 N–H and O–H groups in total. The molecule has 0 unspecified atom stereocenters. The van der Waals surface area contributed by atoms with Gasteiger partial charge in [0, 0.05) is 37.4 Å². The summed E-state index contributed by atoms with van der Waals surface area (Å²) < 4.78 is 14.4. The number of pyridine rings is 1. The van der Waals surface area contributed by atoms with E-state index in [1.165, 1.54) is 26.0 Å². The van der Waals surface area contributed by atoms with E-state index in [1.807, 2.05) is 48.5 Å². The fourth-order valence-electron chi connectivity index (χ4n) is 3.93. The number of nitrogens with zero attached hydrogens (tertiary/aromatic N) is 1. The second kappa shape index (κ2) is 12.9. The first kappa shape index (κ1) is 27.7. The molecule has 0 atom stereocenters. The average molecular weight is 667 g/mol. The molecule has 0 fully saturated rings. The number of rotatable bonds is 4. The van der Waals surface area contributed by atoms with E-state index in [2.05, 4.69) is 42.5 Å². The van der Waals surface area contributed by atoms with Gasteiger partial charge in [-0.25, -0.2) is 0 Å². The van der Waals surface area contributed by atoms with E-state index in [-0.39, 0.29) is 37.5 Å². The second-order valence-corrected chi connectivity index (χ2v) is 8.31. The average Bonchev–Trinajstić information content (AvgIpc) is 2.88. The zero-order valence-electron chi connectivity index (χ0n) is 20.4. The monoisotopic (exact) mass is 667 g/mol. The maximum absolute atomic E-state index is 14.4. The number of aromatic nitrogens is 1. The molecule has 0 spiro atoms. The molecule has 5 rings (SSSR count). The zero-order chi connectivity index (χ0) is 25.5. The molecule has 3 nitrogen and oxygen atoms in total. The van der Waals surface area contributed by atoms with Crippen LogP contribution in [0.5, 0.6) is 0 Å². The summed E-state index contributed by atoms with van der Waals surface area (Å²) in [6, 6.07) is 36.4. The molecule has 5 heteroatoms. The Labute approximate surface area is 229 Å². The van der Waals surface area contributed by atoms with E-state index >= 15 is 0 Å². The van der Waals surface area contributed by atoms with Gasteiger partial charge in [-0.3, -0.25) is 14.2 Å². The summed E-state index contributed by atoms with van der Waals surface area (Å²) >= 11 is 0.